The van der Waals surface area contributed by atoms with Crippen LogP contribution in [0.1, 0.15) is 25.0 Å². The Labute approximate surface area is 114 Å². The molecule has 0 unspecified atom stereocenters. The van der Waals surface area contributed by atoms with Crippen LogP contribution >= 0.6 is 0 Å². The molecule has 1 aliphatic heterocycles. The summed E-state index contributed by atoms with van der Waals surface area (Å²) < 4.78 is 7.71. The van der Waals surface area contributed by atoms with E-state index >= 15 is 0 Å². The van der Waals surface area contributed by atoms with Crippen LogP contribution in [0.4, 0.5) is 0 Å². The van der Waals surface area contributed by atoms with Gasteiger partial charge >= 0.3 is 0 Å². The van der Waals surface area contributed by atoms with Crippen LogP contribution in [0.3, 0.4) is 0 Å². The fourth-order valence-electron chi connectivity index (χ4n) is 3.41. The molecular formula is C14H23N3O2. The number of hydrogen-bond acceptors (Lipinski definition) is 4. The second-order valence-corrected chi connectivity index (χ2v) is 5.77. The van der Waals surface area contributed by atoms with E-state index in [1.165, 1.54) is 5.69 Å². The van der Waals surface area contributed by atoms with Gasteiger partial charge in [0, 0.05) is 38.3 Å². The maximum atomic E-state index is 10.1. The van der Waals surface area contributed by atoms with Gasteiger partial charge in [0.2, 0.25) is 0 Å². The lowest BCUT2D eigenvalue weighted by atomic mass is 9.94. The molecule has 1 aromatic rings. The minimum absolute atomic E-state index is 0.152. The second kappa shape index (κ2) is 5.61. The number of imidazole rings is 1. The van der Waals surface area contributed by atoms with Crippen LogP contribution < -0.4 is 0 Å². The smallest absolute Gasteiger partial charge is 0.0945 e. The van der Waals surface area contributed by atoms with Gasteiger partial charge in [-0.2, -0.15) is 0 Å². The van der Waals surface area contributed by atoms with E-state index in [9.17, 15) is 5.11 Å². The van der Waals surface area contributed by atoms with E-state index in [0.717, 1.165) is 45.6 Å². The molecule has 5 nitrogen and oxygen atoms in total. The summed E-state index contributed by atoms with van der Waals surface area (Å²) in [6.45, 7) is 3.38. The minimum Gasteiger partial charge on any atom is -0.393 e. The molecule has 2 heterocycles. The lowest BCUT2D eigenvalue weighted by Gasteiger charge is -2.40. The Balaban J connectivity index is 1.72. The number of aryl methyl sites for hydroxylation is 1. The Bertz CT molecular complexity index is 421. The fraction of sp³-hybridized carbons (Fsp3) is 0.786. The first-order valence-electron chi connectivity index (χ1n) is 7.21. The van der Waals surface area contributed by atoms with Crippen LogP contribution in [0.5, 0.6) is 0 Å². The highest BCUT2D eigenvalue weighted by Gasteiger charge is 2.37. The summed E-state index contributed by atoms with van der Waals surface area (Å²) in [6, 6.07) is 0.348. The van der Waals surface area contributed by atoms with Gasteiger partial charge in [0.25, 0.3) is 0 Å². The van der Waals surface area contributed by atoms with Gasteiger partial charge < -0.3 is 14.4 Å². The van der Waals surface area contributed by atoms with E-state index in [4.69, 9.17) is 4.74 Å². The summed E-state index contributed by atoms with van der Waals surface area (Å²) in [7, 11) is 2.03. The molecule has 5 heteroatoms. The standard InChI is InChI=1S/C14H23N3O2/c1-16-10-15-7-11(16)8-17-5-6-19-9-13(17)12-3-2-4-14(12)18/h7,10,12-14,18H,2-6,8-9H2,1H3/t12-,13-,14-/m1/s1. The molecule has 1 saturated heterocycles. The van der Waals surface area contributed by atoms with Crippen LogP contribution in [0.2, 0.25) is 0 Å². The zero-order valence-electron chi connectivity index (χ0n) is 11.5. The first-order chi connectivity index (χ1) is 9.25. The molecule has 1 aliphatic carbocycles. The minimum atomic E-state index is -0.152. The highest BCUT2D eigenvalue weighted by atomic mass is 16.5. The van der Waals surface area contributed by atoms with E-state index < -0.39 is 0 Å². The van der Waals surface area contributed by atoms with E-state index in [-0.39, 0.29) is 6.10 Å². The van der Waals surface area contributed by atoms with Gasteiger partial charge in [0.1, 0.15) is 0 Å². The summed E-state index contributed by atoms with van der Waals surface area (Å²) in [5.41, 5.74) is 1.22. The van der Waals surface area contributed by atoms with Gasteiger partial charge in [0.15, 0.2) is 0 Å². The molecule has 2 aliphatic rings. The molecule has 0 aromatic carbocycles. The van der Waals surface area contributed by atoms with Gasteiger partial charge in [-0.1, -0.05) is 6.42 Å². The maximum absolute atomic E-state index is 10.1. The van der Waals surface area contributed by atoms with Crippen molar-refractivity contribution < 1.29 is 9.84 Å². The van der Waals surface area contributed by atoms with Crippen LogP contribution in [0.25, 0.3) is 0 Å². The van der Waals surface area contributed by atoms with Gasteiger partial charge in [-0.25, -0.2) is 4.98 Å². The van der Waals surface area contributed by atoms with Gasteiger partial charge in [-0.15, -0.1) is 0 Å². The van der Waals surface area contributed by atoms with Crippen molar-refractivity contribution in [3.63, 3.8) is 0 Å². The molecule has 3 atom stereocenters. The van der Waals surface area contributed by atoms with E-state index in [1.807, 2.05) is 19.6 Å². The highest BCUT2D eigenvalue weighted by molar-refractivity contribution is 5.00. The third-order valence-electron chi connectivity index (χ3n) is 4.59. The molecule has 106 valence electrons. The van der Waals surface area contributed by atoms with Crippen LogP contribution in [0.15, 0.2) is 12.5 Å². The zero-order chi connectivity index (χ0) is 13.2. The van der Waals surface area contributed by atoms with Crippen molar-refractivity contribution in [3.8, 4) is 0 Å². The van der Waals surface area contributed by atoms with Crippen molar-refractivity contribution in [3.05, 3.63) is 18.2 Å². The molecule has 1 saturated carbocycles. The molecule has 3 rings (SSSR count). The van der Waals surface area contributed by atoms with Gasteiger partial charge in [-0.3, -0.25) is 4.90 Å². The number of aromatic nitrogens is 2. The predicted molar refractivity (Wildman–Crippen MR) is 71.6 cm³/mol. The fourth-order valence-corrected chi connectivity index (χ4v) is 3.41. The third-order valence-corrected chi connectivity index (χ3v) is 4.59. The normalized spacial score (nSPS) is 32.8. The van der Waals surface area contributed by atoms with E-state index in [1.54, 1.807) is 0 Å². The average molecular weight is 265 g/mol. The molecule has 0 bridgehead atoms. The Kier molecular flexibility index (Phi) is 3.86. The van der Waals surface area contributed by atoms with Crippen LogP contribution in [-0.2, 0) is 18.3 Å². The van der Waals surface area contributed by atoms with Crippen molar-refractivity contribution in [2.24, 2.45) is 13.0 Å². The molecule has 0 amide bonds. The van der Waals surface area contributed by atoms with Crippen molar-refractivity contribution in [1.82, 2.24) is 14.5 Å². The molecular weight excluding hydrogens is 242 g/mol. The number of aliphatic hydroxyl groups excluding tert-OH is 1. The van der Waals surface area contributed by atoms with Crippen molar-refractivity contribution in [2.45, 2.75) is 38.0 Å². The largest absolute Gasteiger partial charge is 0.393 e. The monoisotopic (exact) mass is 265 g/mol. The number of hydrogen-bond donors (Lipinski definition) is 1. The number of morpholine rings is 1. The van der Waals surface area contributed by atoms with E-state index in [0.29, 0.717) is 12.0 Å². The molecule has 2 fully saturated rings. The van der Waals surface area contributed by atoms with Crippen molar-refractivity contribution >= 4 is 0 Å². The molecule has 1 N–H and O–H groups in total. The van der Waals surface area contributed by atoms with Crippen molar-refractivity contribution in [1.29, 1.82) is 0 Å². The molecule has 1 aromatic heterocycles. The number of rotatable bonds is 3. The van der Waals surface area contributed by atoms with Crippen molar-refractivity contribution in [2.75, 3.05) is 19.8 Å². The summed E-state index contributed by atoms with van der Waals surface area (Å²) in [5.74, 6) is 0.369. The summed E-state index contributed by atoms with van der Waals surface area (Å²) in [6.07, 6.45) is 6.83. The number of nitrogens with zero attached hydrogens (tertiary/aromatic N) is 3. The van der Waals surface area contributed by atoms with Crippen LogP contribution in [0, 0.1) is 5.92 Å². The average Bonchev–Trinajstić information content (AvgIpc) is 3.00. The quantitative estimate of drug-likeness (QED) is 0.877. The predicted octanol–water partition coefficient (Wildman–Crippen LogP) is 0.782. The SMILES string of the molecule is Cn1cncc1CN1CCOC[C@@H]1[C@H]1CCC[C@H]1O. The summed E-state index contributed by atoms with van der Waals surface area (Å²) in [5, 5.41) is 10.1. The Morgan fingerprint density at radius 2 is 2.37 bits per heavy atom. The molecule has 0 radical (unpaired) electrons. The summed E-state index contributed by atoms with van der Waals surface area (Å²) in [4.78, 5) is 6.64. The first kappa shape index (κ1) is 13.1. The molecule has 0 spiro atoms. The Hall–Kier alpha value is -0.910. The first-order valence-corrected chi connectivity index (χ1v) is 7.21. The lowest BCUT2D eigenvalue weighted by molar-refractivity contribution is -0.0543. The Morgan fingerprint density at radius 1 is 1.47 bits per heavy atom. The van der Waals surface area contributed by atoms with Crippen LogP contribution in [-0.4, -0.2) is 51.5 Å². The topological polar surface area (TPSA) is 50.5 Å². The summed E-state index contributed by atoms with van der Waals surface area (Å²) >= 11 is 0. The number of ether oxygens (including phenoxy) is 1. The van der Waals surface area contributed by atoms with E-state index in [2.05, 4.69) is 14.5 Å². The second-order valence-electron chi connectivity index (χ2n) is 5.77. The lowest BCUT2D eigenvalue weighted by Crippen LogP contribution is -2.50. The third kappa shape index (κ3) is 2.68. The zero-order valence-corrected chi connectivity index (χ0v) is 11.5. The highest BCUT2D eigenvalue weighted by Crippen LogP contribution is 2.32. The Morgan fingerprint density at radius 3 is 3.05 bits per heavy atom. The maximum Gasteiger partial charge on any atom is 0.0945 e. The van der Waals surface area contributed by atoms with Gasteiger partial charge in [0.05, 0.1) is 31.3 Å². The van der Waals surface area contributed by atoms with Gasteiger partial charge in [-0.05, 0) is 12.8 Å². The number of aliphatic hydroxyl groups is 1. The molecule has 19 heavy (non-hydrogen) atoms.